The summed E-state index contributed by atoms with van der Waals surface area (Å²) in [5, 5.41) is 11.5. The van der Waals surface area contributed by atoms with E-state index < -0.39 is 0 Å². The third-order valence-corrected chi connectivity index (χ3v) is 3.96. The number of thioether (sulfide) groups is 1. The maximum atomic E-state index is 9.99. The van der Waals surface area contributed by atoms with Crippen LogP contribution in [0.5, 0.6) is 5.75 Å². The summed E-state index contributed by atoms with van der Waals surface area (Å²) >= 11 is 1.66. The molecule has 1 N–H and O–H groups in total. The molecule has 0 bridgehead atoms. The zero-order valence-electron chi connectivity index (χ0n) is 12.2. The van der Waals surface area contributed by atoms with E-state index in [2.05, 4.69) is 11.3 Å². The normalized spacial score (nSPS) is 14.0. The molecule has 2 rings (SSSR count). The van der Waals surface area contributed by atoms with Gasteiger partial charge >= 0.3 is 0 Å². The molecule has 0 unspecified atom stereocenters. The van der Waals surface area contributed by atoms with Crippen molar-refractivity contribution in [1.82, 2.24) is 0 Å². The summed E-state index contributed by atoms with van der Waals surface area (Å²) in [5.74, 6) is 1.65. The summed E-state index contributed by atoms with van der Waals surface area (Å²) in [6, 6.07) is 7.71. The fourth-order valence-electron chi connectivity index (χ4n) is 1.95. The topological polar surface area (TPSA) is 68.1 Å². The van der Waals surface area contributed by atoms with Crippen LogP contribution in [0.1, 0.15) is 12.8 Å². The first-order valence-corrected chi connectivity index (χ1v) is 7.97. The molecule has 0 amide bonds. The van der Waals surface area contributed by atoms with E-state index in [4.69, 9.17) is 14.6 Å². The number of ether oxygens (including phenoxy) is 2. The molecule has 22 heavy (non-hydrogen) atoms. The van der Waals surface area contributed by atoms with Crippen molar-refractivity contribution in [2.75, 3.05) is 26.4 Å². The lowest BCUT2D eigenvalue weighted by molar-refractivity contribution is 0.139. The van der Waals surface area contributed by atoms with Gasteiger partial charge in [-0.25, -0.2) is 0 Å². The maximum absolute atomic E-state index is 9.99. The first kappa shape index (κ1) is 16.6. The van der Waals surface area contributed by atoms with Gasteiger partial charge in [0.05, 0.1) is 12.4 Å². The number of nitrogens with zero attached hydrogens (tertiary/aromatic N) is 1. The zero-order valence-corrected chi connectivity index (χ0v) is 13.1. The van der Waals surface area contributed by atoms with Crippen molar-refractivity contribution in [3.05, 3.63) is 52.0 Å². The minimum Gasteiger partial charge on any atom is -0.495 e. The van der Waals surface area contributed by atoms with Gasteiger partial charge in [0.15, 0.2) is 0 Å². The van der Waals surface area contributed by atoms with E-state index >= 15 is 0 Å². The number of rotatable bonds is 9. The molecule has 1 aliphatic carbocycles. The number of aliphatic hydroxyl groups is 1. The third-order valence-electron chi connectivity index (χ3n) is 2.93. The fourth-order valence-corrected chi connectivity index (χ4v) is 2.88. The Morgan fingerprint density at radius 3 is 2.73 bits per heavy atom. The predicted octanol–water partition coefficient (Wildman–Crippen LogP) is 3.49. The Kier molecular flexibility index (Phi) is 6.99. The first-order chi connectivity index (χ1) is 10.8. The molecule has 0 radical (unpaired) electrons. The molecule has 1 aliphatic rings. The minimum atomic E-state index is 0.0324. The highest BCUT2D eigenvalue weighted by atomic mass is 32.2. The number of hydrogen-bond acceptors (Lipinski definition) is 6. The van der Waals surface area contributed by atoms with E-state index in [1.165, 1.54) is 0 Å². The Morgan fingerprint density at radius 2 is 2.00 bits per heavy atom. The Morgan fingerprint density at radius 1 is 1.18 bits per heavy atom. The molecule has 5 nitrogen and oxygen atoms in total. The van der Waals surface area contributed by atoms with Crippen LogP contribution in [0.25, 0.3) is 0 Å². The van der Waals surface area contributed by atoms with Crippen molar-refractivity contribution in [2.45, 2.75) is 17.7 Å². The van der Waals surface area contributed by atoms with Crippen molar-refractivity contribution in [3.63, 3.8) is 0 Å². The molecule has 118 valence electrons. The molecule has 0 aromatic heterocycles. The highest BCUT2D eigenvalue weighted by Crippen LogP contribution is 2.33. The van der Waals surface area contributed by atoms with Crippen LogP contribution in [0, 0.1) is 4.91 Å². The van der Waals surface area contributed by atoms with Crippen LogP contribution in [0.4, 0.5) is 0 Å². The number of aliphatic hydroxyl groups excluding tert-OH is 1. The van der Waals surface area contributed by atoms with Crippen molar-refractivity contribution >= 4 is 11.8 Å². The Balaban J connectivity index is 1.88. The molecule has 1 aromatic carbocycles. The third kappa shape index (κ3) is 5.54. The number of benzene rings is 1. The molecule has 0 saturated carbocycles. The molecule has 0 atom stereocenters. The van der Waals surface area contributed by atoms with Gasteiger partial charge in [-0.05, 0) is 36.8 Å². The second-order valence-electron chi connectivity index (χ2n) is 4.60. The van der Waals surface area contributed by atoms with Crippen molar-refractivity contribution in [2.24, 2.45) is 5.18 Å². The summed E-state index contributed by atoms with van der Waals surface area (Å²) in [5.41, 5.74) is 0. The minimum absolute atomic E-state index is 0.0324. The van der Waals surface area contributed by atoms with Crippen LogP contribution < -0.4 is 4.74 Å². The van der Waals surface area contributed by atoms with E-state index in [1.807, 2.05) is 30.3 Å². The summed E-state index contributed by atoms with van der Waals surface area (Å²) in [6.07, 6.45) is 6.02. The van der Waals surface area contributed by atoms with Crippen molar-refractivity contribution < 1.29 is 14.6 Å². The lowest BCUT2D eigenvalue weighted by atomic mass is 10.1. The second kappa shape index (κ2) is 9.27. The second-order valence-corrected chi connectivity index (χ2v) is 5.75. The standard InChI is InChI=1S/C16H19NO4S/c18-9-11-21-14-2-1-3-16(12-14)22-15-6-4-13(5-7-15)20-10-8-17-19/h3-7,12,18H,1-2,8-11H2. The number of nitroso groups, excluding NO2 is 1. The van der Waals surface area contributed by atoms with Gasteiger partial charge in [0, 0.05) is 16.2 Å². The Hall–Kier alpha value is -1.79. The summed E-state index contributed by atoms with van der Waals surface area (Å²) in [6.45, 7) is 0.830. The molecule has 6 heteroatoms. The number of allylic oxidation sites excluding steroid dienone is 3. The first-order valence-electron chi connectivity index (χ1n) is 7.16. The lowest BCUT2D eigenvalue weighted by Crippen LogP contribution is -2.01. The van der Waals surface area contributed by atoms with Crippen LogP contribution in [0.2, 0.25) is 0 Å². The molecule has 0 saturated heterocycles. The smallest absolute Gasteiger partial charge is 0.119 e. The highest BCUT2D eigenvalue weighted by Gasteiger charge is 2.08. The molecule has 0 fully saturated rings. The SMILES string of the molecule is O=NCCOc1ccc(SC2=CCCC(OCCO)=C2)cc1. The molecule has 0 spiro atoms. The molecular formula is C16H19NO4S. The molecule has 0 heterocycles. The van der Waals surface area contributed by atoms with Crippen molar-refractivity contribution in [1.29, 1.82) is 0 Å². The van der Waals surface area contributed by atoms with Crippen LogP contribution in [-0.4, -0.2) is 31.5 Å². The maximum Gasteiger partial charge on any atom is 0.119 e. The summed E-state index contributed by atoms with van der Waals surface area (Å²) in [4.78, 5) is 12.2. The lowest BCUT2D eigenvalue weighted by Gasteiger charge is -2.14. The molecule has 1 aromatic rings. The molecule has 0 aliphatic heterocycles. The Labute approximate surface area is 134 Å². The van der Waals surface area contributed by atoms with E-state index in [1.54, 1.807) is 11.8 Å². The van der Waals surface area contributed by atoms with Crippen molar-refractivity contribution in [3.8, 4) is 5.75 Å². The molecular weight excluding hydrogens is 302 g/mol. The van der Waals surface area contributed by atoms with Gasteiger partial charge in [-0.15, -0.1) is 0 Å². The van der Waals surface area contributed by atoms with E-state index in [-0.39, 0.29) is 13.2 Å². The zero-order chi connectivity index (χ0) is 15.6. The van der Waals surface area contributed by atoms with E-state index in [0.717, 1.165) is 34.2 Å². The Bertz CT molecular complexity index is 540. The average molecular weight is 321 g/mol. The van der Waals surface area contributed by atoms with Gasteiger partial charge in [0.25, 0.3) is 0 Å². The van der Waals surface area contributed by atoms with Gasteiger partial charge < -0.3 is 14.6 Å². The average Bonchev–Trinajstić information content (AvgIpc) is 2.55. The predicted molar refractivity (Wildman–Crippen MR) is 86.9 cm³/mol. The van der Waals surface area contributed by atoms with Crippen LogP contribution in [-0.2, 0) is 4.74 Å². The van der Waals surface area contributed by atoms with E-state index in [0.29, 0.717) is 13.2 Å². The van der Waals surface area contributed by atoms with Gasteiger partial charge in [-0.2, -0.15) is 4.91 Å². The van der Waals surface area contributed by atoms with Crippen LogP contribution >= 0.6 is 11.8 Å². The van der Waals surface area contributed by atoms with Gasteiger partial charge in [-0.1, -0.05) is 23.0 Å². The highest BCUT2D eigenvalue weighted by molar-refractivity contribution is 8.03. The van der Waals surface area contributed by atoms with Crippen LogP contribution in [0.15, 0.2) is 57.2 Å². The largest absolute Gasteiger partial charge is 0.495 e. The monoisotopic (exact) mass is 321 g/mol. The van der Waals surface area contributed by atoms with Gasteiger partial charge in [0.1, 0.15) is 25.5 Å². The van der Waals surface area contributed by atoms with Crippen LogP contribution in [0.3, 0.4) is 0 Å². The fraction of sp³-hybridized carbons (Fsp3) is 0.375. The number of hydrogen-bond donors (Lipinski definition) is 1. The summed E-state index contributed by atoms with van der Waals surface area (Å²) in [7, 11) is 0. The van der Waals surface area contributed by atoms with E-state index in [9.17, 15) is 4.91 Å². The van der Waals surface area contributed by atoms with Gasteiger partial charge in [0.2, 0.25) is 0 Å². The summed E-state index contributed by atoms with van der Waals surface area (Å²) < 4.78 is 10.9. The quantitative estimate of drug-likeness (QED) is 0.557. The van der Waals surface area contributed by atoms with Gasteiger partial charge in [-0.3, -0.25) is 0 Å².